The number of anilines is 1. The molecule has 0 saturated carbocycles. The second-order valence-electron chi connectivity index (χ2n) is 5.64. The van der Waals surface area contributed by atoms with Crippen molar-refractivity contribution in [2.45, 2.75) is 6.92 Å². The molecule has 27 heavy (non-hydrogen) atoms. The lowest BCUT2D eigenvalue weighted by Gasteiger charge is -2.07. The van der Waals surface area contributed by atoms with Crippen molar-refractivity contribution in [3.63, 3.8) is 0 Å². The van der Waals surface area contributed by atoms with Gasteiger partial charge in [-0.2, -0.15) is 0 Å². The highest BCUT2D eigenvalue weighted by Gasteiger charge is 2.16. The van der Waals surface area contributed by atoms with Gasteiger partial charge in [-0.3, -0.25) is 10.1 Å². The molecule has 3 rings (SSSR count). The van der Waals surface area contributed by atoms with E-state index in [1.807, 2.05) is 29.6 Å². The number of phenols is 1. The second kappa shape index (κ2) is 8.32. The van der Waals surface area contributed by atoms with E-state index in [0.29, 0.717) is 10.7 Å². The van der Waals surface area contributed by atoms with E-state index in [0.717, 1.165) is 15.7 Å². The van der Waals surface area contributed by atoms with Crippen molar-refractivity contribution in [3.8, 4) is 17.0 Å². The number of aromatic hydroxyl groups is 1. The summed E-state index contributed by atoms with van der Waals surface area (Å²) in [4.78, 5) is 28.4. The molecule has 2 N–H and O–H groups in total. The molecule has 8 heteroatoms. The Morgan fingerprint density at radius 1 is 1.26 bits per heavy atom. The van der Waals surface area contributed by atoms with E-state index >= 15 is 0 Å². The van der Waals surface area contributed by atoms with Crippen LogP contribution in [0.15, 0.2) is 52.3 Å². The molecule has 0 atom stereocenters. The number of thiazole rings is 1. The summed E-state index contributed by atoms with van der Waals surface area (Å²) in [5, 5.41) is 14.7. The average molecular weight is 447 g/mol. The summed E-state index contributed by atoms with van der Waals surface area (Å²) in [5.74, 6) is -1.42. The van der Waals surface area contributed by atoms with Crippen LogP contribution in [-0.2, 0) is 9.53 Å². The molecule has 2 aromatic carbocycles. The van der Waals surface area contributed by atoms with Crippen molar-refractivity contribution in [2.75, 3.05) is 11.9 Å². The number of nitrogens with one attached hydrogen (secondary N) is 1. The minimum Gasteiger partial charge on any atom is -0.507 e. The number of benzene rings is 2. The summed E-state index contributed by atoms with van der Waals surface area (Å²) in [6, 6.07) is 12.4. The number of nitrogens with zero attached hydrogens (tertiary/aromatic N) is 1. The highest BCUT2D eigenvalue weighted by Crippen LogP contribution is 2.27. The van der Waals surface area contributed by atoms with Gasteiger partial charge in [-0.25, -0.2) is 9.78 Å². The number of ether oxygens (including phenoxy) is 1. The molecule has 0 radical (unpaired) electrons. The highest BCUT2D eigenvalue weighted by atomic mass is 79.9. The number of phenolic OH excluding ortho intramolecular Hbond substituents is 1. The Hall–Kier alpha value is -2.71. The zero-order valence-electron chi connectivity index (χ0n) is 14.2. The quantitative estimate of drug-likeness (QED) is 0.567. The molecule has 1 aromatic heterocycles. The van der Waals surface area contributed by atoms with Crippen molar-refractivity contribution in [1.82, 2.24) is 4.98 Å². The van der Waals surface area contributed by atoms with Crippen molar-refractivity contribution < 1.29 is 19.4 Å². The molecular weight excluding hydrogens is 432 g/mol. The molecule has 0 unspecified atom stereocenters. The van der Waals surface area contributed by atoms with Gasteiger partial charge in [-0.05, 0) is 30.7 Å². The number of halogens is 1. The van der Waals surface area contributed by atoms with Gasteiger partial charge < -0.3 is 9.84 Å². The van der Waals surface area contributed by atoms with Crippen LogP contribution in [0.1, 0.15) is 15.9 Å². The summed E-state index contributed by atoms with van der Waals surface area (Å²) in [5.41, 5.74) is 2.23. The first-order chi connectivity index (χ1) is 12.9. The fourth-order valence-electron chi connectivity index (χ4n) is 2.30. The lowest BCUT2D eigenvalue weighted by molar-refractivity contribution is -0.119. The molecule has 0 aliphatic carbocycles. The minimum absolute atomic E-state index is 0.0222. The maximum absolute atomic E-state index is 12.0. The molecule has 6 nitrogen and oxygen atoms in total. The van der Waals surface area contributed by atoms with Crippen LogP contribution in [0.25, 0.3) is 11.3 Å². The van der Waals surface area contributed by atoms with Crippen molar-refractivity contribution in [3.05, 3.63) is 63.4 Å². The lowest BCUT2D eigenvalue weighted by atomic mass is 10.1. The van der Waals surface area contributed by atoms with Crippen LogP contribution in [0.2, 0.25) is 0 Å². The average Bonchev–Trinajstić information content (AvgIpc) is 3.10. The Morgan fingerprint density at radius 3 is 2.81 bits per heavy atom. The second-order valence-corrected chi connectivity index (χ2v) is 7.42. The predicted molar refractivity (Wildman–Crippen MR) is 107 cm³/mol. The number of esters is 1. The van der Waals surface area contributed by atoms with E-state index in [1.54, 1.807) is 19.1 Å². The molecule has 3 aromatic rings. The van der Waals surface area contributed by atoms with E-state index in [-0.39, 0.29) is 11.3 Å². The van der Waals surface area contributed by atoms with Crippen LogP contribution in [0, 0.1) is 6.92 Å². The first-order valence-corrected chi connectivity index (χ1v) is 9.58. The van der Waals surface area contributed by atoms with E-state index in [2.05, 4.69) is 26.2 Å². The van der Waals surface area contributed by atoms with Gasteiger partial charge in [0.25, 0.3) is 5.91 Å². The summed E-state index contributed by atoms with van der Waals surface area (Å²) < 4.78 is 5.90. The highest BCUT2D eigenvalue weighted by molar-refractivity contribution is 9.10. The van der Waals surface area contributed by atoms with Gasteiger partial charge in [0, 0.05) is 15.4 Å². The van der Waals surface area contributed by atoms with Crippen molar-refractivity contribution in [2.24, 2.45) is 0 Å². The van der Waals surface area contributed by atoms with Gasteiger partial charge in [-0.15, -0.1) is 11.3 Å². The van der Waals surface area contributed by atoms with Crippen LogP contribution in [0.5, 0.6) is 5.75 Å². The van der Waals surface area contributed by atoms with Gasteiger partial charge in [0.15, 0.2) is 11.7 Å². The summed E-state index contributed by atoms with van der Waals surface area (Å²) in [6.07, 6.45) is 0. The third-order valence-corrected chi connectivity index (χ3v) is 4.91. The van der Waals surface area contributed by atoms with Crippen LogP contribution >= 0.6 is 27.3 Å². The minimum atomic E-state index is -0.764. The van der Waals surface area contributed by atoms with Gasteiger partial charge in [-0.1, -0.05) is 40.2 Å². The van der Waals surface area contributed by atoms with Crippen LogP contribution in [-0.4, -0.2) is 28.6 Å². The molecule has 0 aliphatic heterocycles. The Morgan fingerprint density at radius 2 is 2.04 bits per heavy atom. The number of aromatic nitrogens is 1. The molecule has 0 aliphatic rings. The fraction of sp³-hybridized carbons (Fsp3) is 0.105. The topological polar surface area (TPSA) is 88.5 Å². The number of rotatable bonds is 5. The summed E-state index contributed by atoms with van der Waals surface area (Å²) in [6.45, 7) is 1.20. The largest absolute Gasteiger partial charge is 0.507 e. The zero-order valence-corrected chi connectivity index (χ0v) is 16.6. The standard InChI is InChI=1S/C19H15BrN2O4S/c1-11-4-2-7-14(17(11)24)18(25)26-9-16(23)22-19-21-15(10-27-19)12-5-3-6-13(20)8-12/h2-8,10,24H,9H2,1H3,(H,21,22,23). The molecule has 0 bridgehead atoms. The number of aryl methyl sites for hydroxylation is 1. The van der Waals surface area contributed by atoms with Crippen LogP contribution in [0.4, 0.5) is 5.13 Å². The molecule has 0 fully saturated rings. The van der Waals surface area contributed by atoms with Gasteiger partial charge in [0.2, 0.25) is 0 Å². The summed E-state index contributed by atoms with van der Waals surface area (Å²) >= 11 is 4.68. The molecule has 1 amide bonds. The maximum atomic E-state index is 12.0. The molecule has 0 saturated heterocycles. The van der Waals surface area contributed by atoms with E-state index in [1.165, 1.54) is 17.4 Å². The molecular formula is C19H15BrN2O4S. The third-order valence-electron chi connectivity index (χ3n) is 3.66. The summed E-state index contributed by atoms with van der Waals surface area (Å²) in [7, 11) is 0. The van der Waals surface area contributed by atoms with Crippen molar-refractivity contribution >= 4 is 44.3 Å². The Kier molecular flexibility index (Phi) is 5.88. The number of hydrogen-bond acceptors (Lipinski definition) is 6. The van der Waals surface area contributed by atoms with E-state index in [9.17, 15) is 14.7 Å². The van der Waals surface area contributed by atoms with Gasteiger partial charge in [0.05, 0.1) is 5.69 Å². The smallest absolute Gasteiger partial charge is 0.342 e. The Labute approximate surface area is 168 Å². The van der Waals surface area contributed by atoms with Crippen LogP contribution < -0.4 is 5.32 Å². The Bertz CT molecular complexity index is 1000. The number of carbonyl (C=O) groups is 2. The van der Waals surface area contributed by atoms with Crippen LogP contribution in [0.3, 0.4) is 0 Å². The Balaban J connectivity index is 1.58. The lowest BCUT2D eigenvalue weighted by Crippen LogP contribution is -2.21. The van der Waals surface area contributed by atoms with E-state index < -0.39 is 18.5 Å². The molecule has 138 valence electrons. The normalized spacial score (nSPS) is 10.4. The first-order valence-electron chi connectivity index (χ1n) is 7.91. The molecule has 0 spiro atoms. The third kappa shape index (κ3) is 4.72. The van der Waals surface area contributed by atoms with Gasteiger partial charge >= 0.3 is 5.97 Å². The number of carbonyl (C=O) groups excluding carboxylic acids is 2. The monoisotopic (exact) mass is 446 g/mol. The zero-order chi connectivity index (χ0) is 19.4. The SMILES string of the molecule is Cc1cccc(C(=O)OCC(=O)Nc2nc(-c3cccc(Br)c3)cs2)c1O. The number of hydrogen-bond donors (Lipinski definition) is 2. The maximum Gasteiger partial charge on any atom is 0.342 e. The predicted octanol–water partition coefficient (Wildman–Crippen LogP) is 4.38. The number of amides is 1. The van der Waals surface area contributed by atoms with E-state index in [4.69, 9.17) is 4.74 Å². The number of para-hydroxylation sites is 1. The van der Waals surface area contributed by atoms with Gasteiger partial charge in [0.1, 0.15) is 11.3 Å². The fourth-order valence-corrected chi connectivity index (χ4v) is 3.43. The first kappa shape index (κ1) is 19.1. The molecule has 1 heterocycles. The van der Waals surface area contributed by atoms with Crippen molar-refractivity contribution in [1.29, 1.82) is 0 Å².